The van der Waals surface area contributed by atoms with E-state index in [1.807, 2.05) is 65.6 Å². The number of nitrogens with zero attached hydrogens (tertiary/aromatic N) is 5. The molecule has 2 amide bonds. The van der Waals surface area contributed by atoms with Gasteiger partial charge in [-0.25, -0.2) is 4.68 Å². The van der Waals surface area contributed by atoms with Crippen molar-refractivity contribution < 1.29 is 9.59 Å². The highest BCUT2D eigenvalue weighted by Crippen LogP contribution is 2.22. The molecule has 160 valence electrons. The van der Waals surface area contributed by atoms with Crippen LogP contribution >= 0.6 is 11.8 Å². The average molecular weight is 437 g/mol. The van der Waals surface area contributed by atoms with E-state index in [1.54, 1.807) is 4.68 Å². The Kier molecular flexibility index (Phi) is 6.93. The zero-order chi connectivity index (χ0) is 21.5. The highest BCUT2D eigenvalue weighted by Gasteiger charge is 2.27. The molecule has 1 saturated heterocycles. The molecule has 1 N–H and O–H groups in total. The van der Waals surface area contributed by atoms with Crippen LogP contribution in [-0.4, -0.2) is 55.8 Å². The second-order valence-corrected chi connectivity index (χ2v) is 8.35. The van der Waals surface area contributed by atoms with Gasteiger partial charge in [-0.3, -0.25) is 9.59 Å². The van der Waals surface area contributed by atoms with Crippen LogP contribution in [0.5, 0.6) is 0 Å². The van der Waals surface area contributed by atoms with Gasteiger partial charge in [0, 0.05) is 24.7 Å². The van der Waals surface area contributed by atoms with E-state index in [4.69, 9.17) is 0 Å². The summed E-state index contributed by atoms with van der Waals surface area (Å²) < 4.78 is 1.70. The van der Waals surface area contributed by atoms with Gasteiger partial charge in [0.05, 0.1) is 12.3 Å². The fraction of sp³-hybridized carbons (Fsp3) is 0.318. The smallest absolute Gasteiger partial charge is 0.233 e. The molecule has 0 bridgehead atoms. The molecule has 0 unspecified atom stereocenters. The fourth-order valence-corrected chi connectivity index (χ4v) is 4.31. The summed E-state index contributed by atoms with van der Waals surface area (Å²) in [5, 5.41) is 15.4. The number of benzene rings is 2. The van der Waals surface area contributed by atoms with E-state index < -0.39 is 0 Å². The number of amides is 2. The van der Waals surface area contributed by atoms with Crippen LogP contribution < -0.4 is 5.32 Å². The maximum Gasteiger partial charge on any atom is 0.233 e. The van der Waals surface area contributed by atoms with Gasteiger partial charge in [0.1, 0.15) is 0 Å². The first kappa shape index (κ1) is 21.0. The zero-order valence-corrected chi connectivity index (χ0v) is 17.9. The van der Waals surface area contributed by atoms with Gasteiger partial charge in [0.25, 0.3) is 0 Å². The number of carbonyl (C=O) groups excluding carboxylic acids is 2. The molecule has 1 aliphatic rings. The van der Waals surface area contributed by atoms with Crippen LogP contribution in [0.4, 0.5) is 5.69 Å². The van der Waals surface area contributed by atoms with E-state index in [-0.39, 0.29) is 23.5 Å². The SMILES string of the molecule is O=C(Nc1ccccc1)C1CCN(C(=O)CSc2nnnn2Cc2ccccc2)CC1. The minimum absolute atomic E-state index is 0.0211. The normalized spacial score (nSPS) is 14.4. The monoisotopic (exact) mass is 436 g/mol. The van der Waals surface area contributed by atoms with Gasteiger partial charge in [-0.05, 0) is 41.0 Å². The van der Waals surface area contributed by atoms with Crippen LogP contribution in [0.1, 0.15) is 18.4 Å². The summed E-state index contributed by atoms with van der Waals surface area (Å²) in [6.45, 7) is 1.73. The second-order valence-electron chi connectivity index (χ2n) is 7.40. The molecule has 0 saturated carbocycles. The van der Waals surface area contributed by atoms with Gasteiger partial charge < -0.3 is 10.2 Å². The van der Waals surface area contributed by atoms with Crippen molar-refractivity contribution in [2.75, 3.05) is 24.2 Å². The van der Waals surface area contributed by atoms with E-state index >= 15 is 0 Å². The fourth-order valence-electron chi connectivity index (χ4n) is 3.53. The van der Waals surface area contributed by atoms with Crippen LogP contribution in [0.3, 0.4) is 0 Å². The van der Waals surface area contributed by atoms with Crippen molar-refractivity contribution in [3.05, 3.63) is 66.2 Å². The lowest BCUT2D eigenvalue weighted by molar-refractivity contribution is -0.132. The largest absolute Gasteiger partial charge is 0.342 e. The number of hydrogen-bond donors (Lipinski definition) is 1. The van der Waals surface area contributed by atoms with Crippen LogP contribution in [0.2, 0.25) is 0 Å². The Bertz CT molecular complexity index is 1000. The summed E-state index contributed by atoms with van der Waals surface area (Å²) in [6.07, 6.45) is 1.33. The van der Waals surface area contributed by atoms with E-state index in [9.17, 15) is 9.59 Å². The topological polar surface area (TPSA) is 93.0 Å². The third-order valence-corrected chi connectivity index (χ3v) is 6.20. The molecule has 2 heterocycles. The lowest BCUT2D eigenvalue weighted by atomic mass is 9.96. The van der Waals surface area contributed by atoms with Crippen molar-refractivity contribution >= 4 is 29.3 Å². The number of carbonyl (C=O) groups is 2. The molecular weight excluding hydrogens is 412 g/mol. The van der Waals surface area contributed by atoms with Crippen LogP contribution in [0.15, 0.2) is 65.8 Å². The Hall–Kier alpha value is -3.20. The number of para-hydroxylation sites is 1. The third kappa shape index (κ3) is 5.69. The third-order valence-electron chi connectivity index (χ3n) is 5.26. The van der Waals surface area contributed by atoms with Crippen molar-refractivity contribution in [3.8, 4) is 0 Å². The zero-order valence-electron chi connectivity index (χ0n) is 17.1. The average Bonchev–Trinajstić information content (AvgIpc) is 3.25. The molecule has 4 rings (SSSR count). The van der Waals surface area contributed by atoms with E-state index in [0.29, 0.717) is 37.6 Å². The number of thioether (sulfide) groups is 1. The summed E-state index contributed by atoms with van der Waals surface area (Å²) in [4.78, 5) is 27.0. The molecule has 1 fully saturated rings. The van der Waals surface area contributed by atoms with Gasteiger partial charge in [0.2, 0.25) is 17.0 Å². The van der Waals surface area contributed by atoms with Gasteiger partial charge in [-0.1, -0.05) is 60.3 Å². The number of anilines is 1. The molecule has 0 atom stereocenters. The summed E-state index contributed by atoms with van der Waals surface area (Å²) in [7, 11) is 0. The first-order chi connectivity index (χ1) is 15.2. The number of likely N-dealkylation sites (tertiary alicyclic amines) is 1. The summed E-state index contributed by atoms with van der Waals surface area (Å²) in [5.74, 6) is 0.264. The molecule has 0 aliphatic carbocycles. The van der Waals surface area contributed by atoms with Crippen molar-refractivity contribution in [3.63, 3.8) is 0 Å². The molecular formula is C22H24N6O2S. The first-order valence-electron chi connectivity index (χ1n) is 10.3. The standard InChI is InChI=1S/C22H24N6O2S/c29-20(16-31-22-24-25-26-28(22)15-17-7-3-1-4-8-17)27-13-11-18(12-14-27)21(30)23-19-9-5-2-6-10-19/h1-10,18H,11-16H2,(H,23,30). The van der Waals surface area contributed by atoms with E-state index in [2.05, 4.69) is 20.8 Å². The number of hydrogen-bond acceptors (Lipinski definition) is 6. The molecule has 8 nitrogen and oxygen atoms in total. The Labute approximate surface area is 185 Å². The first-order valence-corrected chi connectivity index (χ1v) is 11.2. The number of tetrazole rings is 1. The van der Waals surface area contributed by atoms with Gasteiger partial charge in [-0.2, -0.15) is 0 Å². The molecule has 31 heavy (non-hydrogen) atoms. The lowest BCUT2D eigenvalue weighted by Gasteiger charge is -2.31. The number of aromatic nitrogens is 4. The highest BCUT2D eigenvalue weighted by atomic mass is 32.2. The predicted octanol–water partition coefficient (Wildman–Crippen LogP) is 2.69. The Morgan fingerprint density at radius 1 is 1.00 bits per heavy atom. The van der Waals surface area contributed by atoms with Crippen LogP contribution in [0, 0.1) is 5.92 Å². The molecule has 1 aromatic heterocycles. The van der Waals surface area contributed by atoms with Gasteiger partial charge in [0.15, 0.2) is 0 Å². The number of rotatable bonds is 7. The van der Waals surface area contributed by atoms with E-state index in [0.717, 1.165) is 11.3 Å². The molecule has 1 aliphatic heterocycles. The second kappa shape index (κ2) is 10.2. The van der Waals surface area contributed by atoms with Crippen molar-refractivity contribution in [1.82, 2.24) is 25.1 Å². The van der Waals surface area contributed by atoms with Crippen LogP contribution in [0.25, 0.3) is 0 Å². The Balaban J connectivity index is 1.24. The lowest BCUT2D eigenvalue weighted by Crippen LogP contribution is -2.42. The molecule has 3 aromatic rings. The summed E-state index contributed by atoms with van der Waals surface area (Å²) in [5.41, 5.74) is 1.90. The summed E-state index contributed by atoms with van der Waals surface area (Å²) in [6, 6.07) is 19.4. The molecule has 2 aromatic carbocycles. The minimum Gasteiger partial charge on any atom is -0.342 e. The maximum absolute atomic E-state index is 12.7. The van der Waals surface area contributed by atoms with Crippen LogP contribution in [-0.2, 0) is 16.1 Å². The van der Waals surface area contributed by atoms with Crippen molar-refractivity contribution in [1.29, 1.82) is 0 Å². The minimum atomic E-state index is -0.0740. The maximum atomic E-state index is 12.7. The van der Waals surface area contributed by atoms with Crippen molar-refractivity contribution in [2.45, 2.75) is 24.5 Å². The van der Waals surface area contributed by atoms with E-state index in [1.165, 1.54) is 11.8 Å². The predicted molar refractivity (Wildman–Crippen MR) is 118 cm³/mol. The quantitative estimate of drug-likeness (QED) is 0.573. The molecule has 9 heteroatoms. The van der Waals surface area contributed by atoms with Gasteiger partial charge >= 0.3 is 0 Å². The number of piperidine rings is 1. The Morgan fingerprint density at radius 2 is 1.68 bits per heavy atom. The van der Waals surface area contributed by atoms with Gasteiger partial charge in [-0.15, -0.1) is 5.10 Å². The Morgan fingerprint density at radius 3 is 2.39 bits per heavy atom. The van der Waals surface area contributed by atoms with Crippen molar-refractivity contribution in [2.24, 2.45) is 5.92 Å². The number of nitrogens with one attached hydrogen (secondary N) is 1. The highest BCUT2D eigenvalue weighted by molar-refractivity contribution is 7.99. The molecule has 0 radical (unpaired) electrons. The molecule has 0 spiro atoms. The summed E-state index contributed by atoms with van der Waals surface area (Å²) >= 11 is 1.34.